The van der Waals surface area contributed by atoms with Gasteiger partial charge in [0.15, 0.2) is 5.78 Å². The highest BCUT2D eigenvalue weighted by Gasteiger charge is 2.22. The first-order valence-electron chi connectivity index (χ1n) is 3.61. The Hall–Kier alpha value is -0.960. The number of aliphatic imine (C=N–C) groups is 1. The molecule has 0 saturated carbocycles. The molecule has 1 unspecified atom stereocenters. The van der Waals surface area contributed by atoms with E-state index in [0.717, 1.165) is 10.2 Å². The summed E-state index contributed by atoms with van der Waals surface area (Å²) in [6, 6.07) is 0. The van der Waals surface area contributed by atoms with E-state index in [1.54, 1.807) is 6.20 Å². The molecule has 0 aromatic heterocycles. The zero-order valence-corrected chi connectivity index (χ0v) is 7.78. The number of ketones is 1. The van der Waals surface area contributed by atoms with Crippen LogP contribution in [0.15, 0.2) is 40.0 Å². The maximum absolute atomic E-state index is 11.3. The predicted octanol–water partition coefficient (Wildman–Crippen LogP) is 1.99. The van der Waals surface area contributed by atoms with Crippen molar-refractivity contribution in [3.63, 3.8) is 0 Å². The SMILES string of the molecule is O=C1C=CN=C2C=C(Br)C=CC12. The van der Waals surface area contributed by atoms with Crippen molar-refractivity contribution in [2.24, 2.45) is 10.9 Å². The Morgan fingerprint density at radius 1 is 1.42 bits per heavy atom. The highest BCUT2D eigenvalue weighted by molar-refractivity contribution is 9.11. The molecule has 0 bridgehead atoms. The van der Waals surface area contributed by atoms with Crippen molar-refractivity contribution in [2.75, 3.05) is 0 Å². The molecule has 2 rings (SSSR count). The van der Waals surface area contributed by atoms with Gasteiger partial charge in [0.05, 0.1) is 11.6 Å². The number of halogens is 1. The minimum atomic E-state index is -0.156. The van der Waals surface area contributed by atoms with Crippen LogP contribution >= 0.6 is 15.9 Å². The molecule has 60 valence electrons. The summed E-state index contributed by atoms with van der Waals surface area (Å²) in [5, 5.41) is 0. The van der Waals surface area contributed by atoms with Crippen LogP contribution in [0.3, 0.4) is 0 Å². The molecule has 0 radical (unpaired) electrons. The molecule has 2 nitrogen and oxygen atoms in total. The van der Waals surface area contributed by atoms with Gasteiger partial charge in [0.1, 0.15) is 0 Å². The van der Waals surface area contributed by atoms with Gasteiger partial charge in [0, 0.05) is 16.8 Å². The van der Waals surface area contributed by atoms with Crippen molar-refractivity contribution in [3.8, 4) is 0 Å². The Balaban J connectivity index is 2.43. The van der Waals surface area contributed by atoms with Crippen LogP contribution in [0.25, 0.3) is 0 Å². The first-order valence-corrected chi connectivity index (χ1v) is 4.40. The van der Waals surface area contributed by atoms with E-state index in [9.17, 15) is 4.79 Å². The number of hydrogen-bond donors (Lipinski definition) is 0. The van der Waals surface area contributed by atoms with E-state index in [4.69, 9.17) is 0 Å². The van der Waals surface area contributed by atoms with Gasteiger partial charge in [-0.1, -0.05) is 28.1 Å². The zero-order valence-electron chi connectivity index (χ0n) is 6.20. The van der Waals surface area contributed by atoms with Crippen molar-refractivity contribution in [2.45, 2.75) is 0 Å². The summed E-state index contributed by atoms with van der Waals surface area (Å²) in [6.07, 6.45) is 8.65. The number of allylic oxidation sites excluding steroid dienone is 5. The third-order valence-electron chi connectivity index (χ3n) is 1.82. The van der Waals surface area contributed by atoms with E-state index in [1.807, 2.05) is 18.2 Å². The fourth-order valence-corrected chi connectivity index (χ4v) is 1.61. The topological polar surface area (TPSA) is 29.4 Å². The van der Waals surface area contributed by atoms with Crippen LogP contribution in [0.1, 0.15) is 0 Å². The maximum atomic E-state index is 11.3. The molecule has 1 atom stereocenters. The molecule has 0 saturated heterocycles. The molecule has 0 aromatic rings. The quantitative estimate of drug-likeness (QED) is 0.618. The Bertz CT molecular complexity index is 350. The third-order valence-corrected chi connectivity index (χ3v) is 2.31. The summed E-state index contributed by atoms with van der Waals surface area (Å²) in [5.41, 5.74) is 0.817. The summed E-state index contributed by atoms with van der Waals surface area (Å²) < 4.78 is 0.959. The zero-order chi connectivity index (χ0) is 8.55. The molecular weight excluding hydrogens is 218 g/mol. The van der Waals surface area contributed by atoms with Gasteiger partial charge in [0.2, 0.25) is 0 Å². The number of hydrogen-bond acceptors (Lipinski definition) is 2. The van der Waals surface area contributed by atoms with Crippen molar-refractivity contribution >= 4 is 27.4 Å². The highest BCUT2D eigenvalue weighted by atomic mass is 79.9. The molecule has 0 N–H and O–H groups in total. The average molecular weight is 224 g/mol. The summed E-state index contributed by atoms with van der Waals surface area (Å²) >= 11 is 3.33. The summed E-state index contributed by atoms with van der Waals surface area (Å²) in [6.45, 7) is 0. The Morgan fingerprint density at radius 3 is 3.08 bits per heavy atom. The average Bonchev–Trinajstić information content (AvgIpc) is 2.04. The minimum Gasteiger partial charge on any atom is -0.294 e. The highest BCUT2D eigenvalue weighted by Crippen LogP contribution is 2.21. The molecule has 12 heavy (non-hydrogen) atoms. The summed E-state index contributed by atoms with van der Waals surface area (Å²) in [5.74, 6) is -0.0520. The lowest BCUT2D eigenvalue weighted by atomic mass is 9.92. The molecule has 0 aromatic carbocycles. The molecule has 2 aliphatic rings. The van der Waals surface area contributed by atoms with Crippen LogP contribution in [0.4, 0.5) is 0 Å². The van der Waals surface area contributed by atoms with E-state index < -0.39 is 0 Å². The molecule has 1 aliphatic heterocycles. The third kappa shape index (κ3) is 1.20. The predicted molar refractivity (Wildman–Crippen MR) is 51.2 cm³/mol. The van der Waals surface area contributed by atoms with E-state index in [-0.39, 0.29) is 11.7 Å². The molecule has 0 amide bonds. The molecule has 1 aliphatic carbocycles. The van der Waals surface area contributed by atoms with Gasteiger partial charge in [-0.15, -0.1) is 0 Å². The van der Waals surface area contributed by atoms with Crippen molar-refractivity contribution < 1.29 is 4.79 Å². The lowest BCUT2D eigenvalue weighted by molar-refractivity contribution is -0.115. The second-order valence-electron chi connectivity index (χ2n) is 2.64. The number of nitrogens with zero attached hydrogens (tertiary/aromatic N) is 1. The largest absolute Gasteiger partial charge is 0.294 e. The number of carbonyl (C=O) groups is 1. The monoisotopic (exact) mass is 223 g/mol. The van der Waals surface area contributed by atoms with Crippen molar-refractivity contribution in [1.29, 1.82) is 0 Å². The lowest BCUT2D eigenvalue weighted by Gasteiger charge is -2.15. The van der Waals surface area contributed by atoms with Crippen molar-refractivity contribution in [3.05, 3.63) is 35.0 Å². The molecule has 0 spiro atoms. The van der Waals surface area contributed by atoms with Gasteiger partial charge in [0.25, 0.3) is 0 Å². The van der Waals surface area contributed by atoms with Gasteiger partial charge in [-0.3, -0.25) is 9.79 Å². The van der Waals surface area contributed by atoms with E-state index in [2.05, 4.69) is 20.9 Å². The van der Waals surface area contributed by atoms with Crippen LogP contribution in [-0.2, 0) is 4.79 Å². The summed E-state index contributed by atoms with van der Waals surface area (Å²) in [7, 11) is 0. The number of fused-ring (bicyclic) bond motifs is 1. The van der Waals surface area contributed by atoms with Crippen LogP contribution in [0.5, 0.6) is 0 Å². The first-order chi connectivity index (χ1) is 5.77. The minimum absolute atomic E-state index is 0.104. The molecule has 0 fully saturated rings. The van der Waals surface area contributed by atoms with Crippen LogP contribution in [-0.4, -0.2) is 11.5 Å². The smallest absolute Gasteiger partial charge is 0.170 e. The Kier molecular flexibility index (Phi) is 1.81. The van der Waals surface area contributed by atoms with E-state index >= 15 is 0 Å². The van der Waals surface area contributed by atoms with Gasteiger partial charge in [-0.2, -0.15) is 0 Å². The van der Waals surface area contributed by atoms with Gasteiger partial charge in [-0.25, -0.2) is 0 Å². The van der Waals surface area contributed by atoms with Crippen LogP contribution in [0, 0.1) is 5.92 Å². The Morgan fingerprint density at radius 2 is 2.25 bits per heavy atom. The van der Waals surface area contributed by atoms with E-state index in [1.165, 1.54) is 6.08 Å². The van der Waals surface area contributed by atoms with Gasteiger partial charge >= 0.3 is 0 Å². The molecule has 1 heterocycles. The van der Waals surface area contributed by atoms with Gasteiger partial charge in [-0.05, 0) is 6.08 Å². The maximum Gasteiger partial charge on any atom is 0.170 e. The van der Waals surface area contributed by atoms with Crippen LogP contribution < -0.4 is 0 Å². The summed E-state index contributed by atoms with van der Waals surface area (Å²) in [4.78, 5) is 15.4. The van der Waals surface area contributed by atoms with Crippen molar-refractivity contribution in [1.82, 2.24) is 0 Å². The number of carbonyl (C=O) groups excluding carboxylic acids is 1. The van der Waals surface area contributed by atoms with Crippen LogP contribution in [0.2, 0.25) is 0 Å². The molecule has 3 heteroatoms. The standard InChI is InChI=1S/C9H6BrNO/c10-6-1-2-7-8(5-6)11-4-3-9(7)12/h1-5,7H. The fraction of sp³-hybridized carbons (Fsp3) is 0.111. The first kappa shape index (κ1) is 7.68. The second kappa shape index (κ2) is 2.83. The van der Waals surface area contributed by atoms with E-state index in [0.29, 0.717) is 0 Å². The normalized spacial score (nSPS) is 26.4. The number of rotatable bonds is 0. The second-order valence-corrected chi connectivity index (χ2v) is 3.55. The fourth-order valence-electron chi connectivity index (χ4n) is 1.22. The Labute approximate surface area is 78.5 Å². The lowest BCUT2D eigenvalue weighted by Crippen LogP contribution is -2.23. The molecular formula is C9H6BrNO. The van der Waals surface area contributed by atoms with Gasteiger partial charge < -0.3 is 0 Å².